The molecule has 0 radical (unpaired) electrons. The highest BCUT2D eigenvalue weighted by atomic mass is 19.1. The quantitative estimate of drug-likeness (QED) is 0.572. The van der Waals surface area contributed by atoms with Gasteiger partial charge in [-0.15, -0.1) is 5.10 Å². The Bertz CT molecular complexity index is 1210. The third-order valence-corrected chi connectivity index (χ3v) is 5.10. The Morgan fingerprint density at radius 3 is 2.34 bits per heavy atom. The van der Waals surface area contributed by atoms with Crippen molar-refractivity contribution in [3.8, 4) is 16.9 Å². The molecule has 29 heavy (non-hydrogen) atoms. The molecule has 1 saturated heterocycles. The summed E-state index contributed by atoms with van der Waals surface area (Å²) in [6.45, 7) is 1.71. The lowest BCUT2D eigenvalue weighted by Gasteiger charge is -2.16. The molecule has 0 saturated carbocycles. The molecule has 6 nitrogen and oxygen atoms in total. The van der Waals surface area contributed by atoms with Gasteiger partial charge in [-0.1, -0.05) is 18.2 Å². The molecule has 0 unspecified atom stereocenters. The summed E-state index contributed by atoms with van der Waals surface area (Å²) in [6.07, 6.45) is 2.13. The van der Waals surface area contributed by atoms with Gasteiger partial charge in [-0.25, -0.2) is 18.4 Å². The zero-order chi connectivity index (χ0) is 20.0. The van der Waals surface area contributed by atoms with Crippen LogP contribution < -0.4 is 10.6 Å². The van der Waals surface area contributed by atoms with E-state index in [1.165, 1.54) is 28.9 Å². The molecule has 2 aromatic heterocycles. The molecule has 146 valence electrons. The van der Waals surface area contributed by atoms with E-state index in [1.807, 2.05) is 0 Å². The smallest absolute Gasteiger partial charge is 0.228 e. The lowest BCUT2D eigenvalue weighted by molar-refractivity contribution is 0.625. The van der Waals surface area contributed by atoms with Gasteiger partial charge in [0.2, 0.25) is 5.95 Å². The summed E-state index contributed by atoms with van der Waals surface area (Å²) in [5, 5.41) is 5.03. The van der Waals surface area contributed by atoms with Crippen LogP contribution >= 0.6 is 0 Å². The standard InChI is InChI=1S/C21H18F2N6/c22-14-6-3-5-13(11-14)18-17-19(24)29(16-8-4-7-15(23)12-16)27-20(17)26-21(25-18)28-9-1-2-10-28/h3-8,11-12H,1-2,9-10,24H2. The molecule has 0 spiro atoms. The topological polar surface area (TPSA) is 72.9 Å². The number of nitrogen functional groups attached to an aromatic ring is 1. The van der Waals surface area contributed by atoms with Gasteiger partial charge in [0.25, 0.3) is 0 Å². The molecular formula is C21H18F2N6. The number of fused-ring (bicyclic) bond motifs is 1. The lowest BCUT2D eigenvalue weighted by atomic mass is 10.1. The first-order valence-electron chi connectivity index (χ1n) is 9.43. The maximum absolute atomic E-state index is 13.9. The third kappa shape index (κ3) is 3.06. The van der Waals surface area contributed by atoms with Gasteiger partial charge in [-0.05, 0) is 43.2 Å². The van der Waals surface area contributed by atoms with Crippen LogP contribution in [0.4, 0.5) is 20.5 Å². The van der Waals surface area contributed by atoms with Crippen molar-refractivity contribution in [2.75, 3.05) is 23.7 Å². The summed E-state index contributed by atoms with van der Waals surface area (Å²) < 4.78 is 29.1. The fourth-order valence-electron chi connectivity index (χ4n) is 3.71. The van der Waals surface area contributed by atoms with E-state index < -0.39 is 5.82 Å². The average Bonchev–Trinajstić information content (AvgIpc) is 3.36. The number of hydrogen-bond acceptors (Lipinski definition) is 5. The van der Waals surface area contributed by atoms with Gasteiger partial charge < -0.3 is 10.6 Å². The van der Waals surface area contributed by atoms with Gasteiger partial charge in [-0.2, -0.15) is 4.98 Å². The van der Waals surface area contributed by atoms with E-state index in [2.05, 4.69) is 15.0 Å². The molecule has 8 heteroatoms. The summed E-state index contributed by atoms with van der Waals surface area (Å²) in [5.41, 5.74) is 8.36. The maximum atomic E-state index is 13.9. The second-order valence-corrected chi connectivity index (χ2v) is 7.05. The molecule has 1 aliphatic heterocycles. The second kappa shape index (κ2) is 6.80. The Morgan fingerprint density at radius 2 is 1.62 bits per heavy atom. The first kappa shape index (κ1) is 17.5. The first-order chi connectivity index (χ1) is 14.1. The summed E-state index contributed by atoms with van der Waals surface area (Å²) in [5.74, 6) is 0.0553. The van der Waals surface area contributed by atoms with E-state index >= 15 is 0 Å². The molecule has 5 rings (SSSR count). The number of benzene rings is 2. The number of anilines is 2. The molecular weight excluding hydrogens is 374 g/mol. The van der Waals surface area contributed by atoms with E-state index in [4.69, 9.17) is 10.7 Å². The Labute approximate surface area is 165 Å². The highest BCUT2D eigenvalue weighted by Crippen LogP contribution is 2.34. The summed E-state index contributed by atoms with van der Waals surface area (Å²) in [4.78, 5) is 11.4. The van der Waals surface area contributed by atoms with Gasteiger partial charge in [0, 0.05) is 18.7 Å². The van der Waals surface area contributed by atoms with Crippen molar-refractivity contribution < 1.29 is 8.78 Å². The Kier molecular flexibility index (Phi) is 4.12. The van der Waals surface area contributed by atoms with Crippen LogP contribution in [0, 0.1) is 11.6 Å². The normalized spacial score (nSPS) is 14.1. The molecule has 1 fully saturated rings. The van der Waals surface area contributed by atoms with E-state index in [0.717, 1.165) is 25.9 Å². The Balaban J connectivity index is 1.78. The van der Waals surface area contributed by atoms with E-state index in [9.17, 15) is 8.78 Å². The van der Waals surface area contributed by atoms with Crippen molar-refractivity contribution >= 4 is 22.8 Å². The van der Waals surface area contributed by atoms with Gasteiger partial charge in [0.1, 0.15) is 17.5 Å². The molecule has 0 amide bonds. The zero-order valence-electron chi connectivity index (χ0n) is 15.5. The van der Waals surface area contributed by atoms with Crippen LogP contribution in [0.2, 0.25) is 0 Å². The van der Waals surface area contributed by atoms with Gasteiger partial charge >= 0.3 is 0 Å². The van der Waals surface area contributed by atoms with Crippen LogP contribution in [0.5, 0.6) is 0 Å². The highest BCUT2D eigenvalue weighted by molar-refractivity contribution is 5.99. The molecule has 0 aliphatic carbocycles. The predicted molar refractivity (Wildman–Crippen MR) is 108 cm³/mol. The number of aromatic nitrogens is 4. The predicted octanol–water partition coefficient (Wildman–Crippen LogP) is 3.94. The largest absolute Gasteiger partial charge is 0.383 e. The van der Waals surface area contributed by atoms with E-state index in [1.54, 1.807) is 24.3 Å². The molecule has 3 heterocycles. The SMILES string of the molecule is Nc1c2c(-c3cccc(F)c3)nc(N3CCCC3)nc2nn1-c1cccc(F)c1. The zero-order valence-corrected chi connectivity index (χ0v) is 15.5. The van der Waals surface area contributed by atoms with Crippen molar-refractivity contribution in [2.24, 2.45) is 0 Å². The van der Waals surface area contributed by atoms with Crippen molar-refractivity contribution in [3.05, 3.63) is 60.2 Å². The number of nitrogens with zero attached hydrogens (tertiary/aromatic N) is 5. The maximum Gasteiger partial charge on any atom is 0.228 e. The fourth-order valence-corrected chi connectivity index (χ4v) is 3.71. The van der Waals surface area contributed by atoms with E-state index in [-0.39, 0.29) is 11.6 Å². The van der Waals surface area contributed by atoms with E-state index in [0.29, 0.717) is 33.9 Å². The van der Waals surface area contributed by atoms with Crippen molar-refractivity contribution in [3.63, 3.8) is 0 Å². The van der Waals surface area contributed by atoms with Crippen molar-refractivity contribution in [1.29, 1.82) is 0 Å². The minimum Gasteiger partial charge on any atom is -0.383 e. The summed E-state index contributed by atoms with van der Waals surface area (Å²) >= 11 is 0. The molecule has 2 N–H and O–H groups in total. The van der Waals surface area contributed by atoms with Crippen LogP contribution in [0.1, 0.15) is 12.8 Å². The van der Waals surface area contributed by atoms with Crippen LogP contribution in [-0.4, -0.2) is 32.8 Å². The van der Waals surface area contributed by atoms with Crippen LogP contribution in [0.3, 0.4) is 0 Å². The first-order valence-corrected chi connectivity index (χ1v) is 9.43. The number of rotatable bonds is 3. The highest BCUT2D eigenvalue weighted by Gasteiger charge is 2.23. The van der Waals surface area contributed by atoms with Crippen LogP contribution in [-0.2, 0) is 0 Å². The van der Waals surface area contributed by atoms with Gasteiger partial charge in [-0.3, -0.25) is 0 Å². The molecule has 1 aliphatic rings. The fraction of sp³-hybridized carbons (Fsp3) is 0.190. The molecule has 0 bridgehead atoms. The molecule has 0 atom stereocenters. The minimum atomic E-state index is -0.393. The van der Waals surface area contributed by atoms with Crippen molar-refractivity contribution in [2.45, 2.75) is 12.8 Å². The Morgan fingerprint density at radius 1 is 0.897 bits per heavy atom. The lowest BCUT2D eigenvalue weighted by Crippen LogP contribution is -2.20. The Hall–Kier alpha value is -3.55. The monoisotopic (exact) mass is 392 g/mol. The number of halogens is 2. The third-order valence-electron chi connectivity index (χ3n) is 5.10. The molecule has 4 aromatic rings. The summed E-state index contributed by atoms with van der Waals surface area (Å²) in [7, 11) is 0. The molecule has 2 aromatic carbocycles. The average molecular weight is 392 g/mol. The van der Waals surface area contributed by atoms with Gasteiger partial charge in [0.05, 0.1) is 16.8 Å². The number of hydrogen-bond donors (Lipinski definition) is 1. The summed E-state index contributed by atoms with van der Waals surface area (Å²) in [6, 6.07) is 12.2. The minimum absolute atomic E-state index is 0.276. The van der Waals surface area contributed by atoms with Crippen LogP contribution in [0.15, 0.2) is 48.5 Å². The van der Waals surface area contributed by atoms with Crippen molar-refractivity contribution in [1.82, 2.24) is 19.7 Å². The number of nitrogens with two attached hydrogens (primary N) is 1. The van der Waals surface area contributed by atoms with Gasteiger partial charge in [0.15, 0.2) is 5.65 Å². The van der Waals surface area contributed by atoms with Crippen LogP contribution in [0.25, 0.3) is 28.0 Å². The second-order valence-electron chi connectivity index (χ2n) is 7.05.